The molecule has 1 saturated heterocycles. The number of likely N-dealkylation sites (N-methyl/N-ethyl adjacent to an activating group) is 1. The number of aromatic nitrogens is 1. The van der Waals surface area contributed by atoms with Crippen molar-refractivity contribution in [1.29, 1.82) is 0 Å². The summed E-state index contributed by atoms with van der Waals surface area (Å²) in [6, 6.07) is 1.94. The van der Waals surface area contributed by atoms with Gasteiger partial charge >= 0.3 is 0 Å². The summed E-state index contributed by atoms with van der Waals surface area (Å²) in [6.45, 7) is 28.2. The predicted octanol–water partition coefficient (Wildman–Crippen LogP) is 5.56. The molecule has 24 heavy (non-hydrogen) atoms. The minimum absolute atomic E-state index is 0.891. The molecule has 0 saturated carbocycles. The van der Waals surface area contributed by atoms with E-state index in [9.17, 15) is 0 Å². The Morgan fingerprint density at radius 3 is 1.62 bits per heavy atom. The van der Waals surface area contributed by atoms with Crippen LogP contribution in [0.2, 0.25) is 0 Å². The highest BCUT2D eigenvalue weighted by Gasteiger charge is 2.04. The second-order valence-corrected chi connectivity index (χ2v) is 3.97. The first-order valence-electron chi connectivity index (χ1n) is 10.1. The normalized spacial score (nSPS) is 12.1. The minimum Gasteiger partial charge on any atom is -0.361 e. The lowest BCUT2D eigenvalue weighted by atomic mass is 10.3. The van der Waals surface area contributed by atoms with Gasteiger partial charge in [0.2, 0.25) is 0 Å². The zero-order chi connectivity index (χ0) is 19.8. The standard InChI is InChI=1S/C6H14N2.C6H9NO.4C2H6/c1-2-8-5-3-7-4-6-8;1-3-6-4-5(2)8-7-6;4*1-2/h7H,2-6H2,1H3;4H,3H2,1-2H3;4*1-2H3. The summed E-state index contributed by atoms with van der Waals surface area (Å²) < 4.78 is 4.81. The zero-order valence-electron chi connectivity index (χ0n) is 18.6. The lowest BCUT2D eigenvalue weighted by Crippen LogP contribution is -2.43. The van der Waals surface area contributed by atoms with Crippen LogP contribution in [0.15, 0.2) is 10.6 Å². The van der Waals surface area contributed by atoms with Crippen molar-refractivity contribution in [2.24, 2.45) is 0 Å². The van der Waals surface area contributed by atoms with E-state index in [0.717, 1.165) is 17.9 Å². The summed E-state index contributed by atoms with van der Waals surface area (Å²) >= 11 is 0. The highest BCUT2D eigenvalue weighted by atomic mass is 16.5. The van der Waals surface area contributed by atoms with Gasteiger partial charge in [-0.25, -0.2) is 0 Å². The van der Waals surface area contributed by atoms with Gasteiger partial charge in [0, 0.05) is 32.2 Å². The number of piperazine rings is 1. The first-order chi connectivity index (χ1) is 11.8. The molecule has 0 unspecified atom stereocenters. The van der Waals surface area contributed by atoms with Crippen molar-refractivity contribution >= 4 is 0 Å². The van der Waals surface area contributed by atoms with E-state index in [4.69, 9.17) is 4.52 Å². The van der Waals surface area contributed by atoms with E-state index >= 15 is 0 Å². The number of nitrogens with one attached hydrogen (secondary N) is 1. The molecule has 1 aliphatic heterocycles. The Kier molecular flexibility index (Phi) is 38.8. The maximum Gasteiger partial charge on any atom is 0.133 e. The van der Waals surface area contributed by atoms with Crippen molar-refractivity contribution < 1.29 is 4.52 Å². The topological polar surface area (TPSA) is 41.3 Å². The Balaban J connectivity index is -0.000000118. The Bertz CT molecular complexity index is 282. The highest BCUT2D eigenvalue weighted by molar-refractivity contribution is 5.02. The predicted molar refractivity (Wildman–Crippen MR) is 111 cm³/mol. The van der Waals surface area contributed by atoms with Crippen molar-refractivity contribution in [1.82, 2.24) is 15.4 Å². The van der Waals surface area contributed by atoms with Crippen LogP contribution in [-0.2, 0) is 6.42 Å². The molecule has 1 aromatic heterocycles. The van der Waals surface area contributed by atoms with E-state index in [2.05, 4.69) is 29.2 Å². The van der Waals surface area contributed by atoms with Gasteiger partial charge in [-0.2, -0.15) is 0 Å². The Hall–Kier alpha value is -0.870. The number of rotatable bonds is 2. The zero-order valence-corrected chi connectivity index (χ0v) is 18.6. The van der Waals surface area contributed by atoms with Crippen LogP contribution in [0.1, 0.15) is 80.7 Å². The minimum atomic E-state index is 0.891. The molecule has 1 N–H and O–H groups in total. The number of aryl methyl sites for hydroxylation is 2. The van der Waals surface area contributed by atoms with E-state index in [1.54, 1.807) is 0 Å². The molecule has 0 aromatic carbocycles. The average molecular weight is 346 g/mol. The van der Waals surface area contributed by atoms with Crippen LogP contribution in [0.4, 0.5) is 0 Å². The van der Waals surface area contributed by atoms with Gasteiger partial charge in [0.15, 0.2) is 0 Å². The molecular formula is C20H47N3O. The first-order valence-corrected chi connectivity index (χ1v) is 10.1. The maximum absolute atomic E-state index is 4.81. The van der Waals surface area contributed by atoms with Crippen LogP contribution < -0.4 is 5.32 Å². The molecule has 1 aromatic rings. The molecule has 0 aliphatic carbocycles. The SMILES string of the molecule is CC.CC.CC.CC.CCN1CCNCC1.CCc1cc(C)on1. The largest absolute Gasteiger partial charge is 0.361 e. The highest BCUT2D eigenvalue weighted by Crippen LogP contribution is 2.00. The van der Waals surface area contributed by atoms with Crippen LogP contribution in [-0.4, -0.2) is 42.8 Å². The fourth-order valence-corrected chi connectivity index (χ4v) is 1.61. The lowest BCUT2D eigenvalue weighted by molar-refractivity contribution is 0.253. The van der Waals surface area contributed by atoms with E-state index in [1.165, 1.54) is 32.7 Å². The van der Waals surface area contributed by atoms with Crippen LogP contribution in [0.25, 0.3) is 0 Å². The Labute approximate surface area is 153 Å². The van der Waals surface area contributed by atoms with Gasteiger partial charge < -0.3 is 14.7 Å². The number of nitrogens with zero attached hydrogens (tertiary/aromatic N) is 2. The monoisotopic (exact) mass is 345 g/mol. The van der Waals surface area contributed by atoms with Crippen LogP contribution in [0.3, 0.4) is 0 Å². The number of hydrogen-bond donors (Lipinski definition) is 1. The lowest BCUT2D eigenvalue weighted by Gasteiger charge is -2.25. The molecule has 1 aliphatic rings. The molecule has 0 bridgehead atoms. The van der Waals surface area contributed by atoms with E-state index in [-0.39, 0.29) is 0 Å². The molecule has 0 atom stereocenters. The molecule has 0 amide bonds. The Morgan fingerprint density at radius 1 is 0.958 bits per heavy atom. The molecule has 1 fully saturated rings. The molecule has 0 spiro atoms. The van der Waals surface area contributed by atoms with Crippen molar-refractivity contribution in [2.75, 3.05) is 32.7 Å². The summed E-state index contributed by atoms with van der Waals surface area (Å²) in [5.41, 5.74) is 1.03. The molecule has 4 nitrogen and oxygen atoms in total. The van der Waals surface area contributed by atoms with Crippen molar-refractivity contribution in [3.8, 4) is 0 Å². The number of hydrogen-bond acceptors (Lipinski definition) is 4. The Morgan fingerprint density at radius 2 is 1.42 bits per heavy atom. The fraction of sp³-hybridized carbons (Fsp3) is 0.850. The molecule has 2 heterocycles. The van der Waals surface area contributed by atoms with Gasteiger partial charge in [0.25, 0.3) is 0 Å². The smallest absolute Gasteiger partial charge is 0.133 e. The van der Waals surface area contributed by atoms with Gasteiger partial charge in [-0.3, -0.25) is 0 Å². The van der Waals surface area contributed by atoms with Crippen molar-refractivity contribution in [3.63, 3.8) is 0 Å². The molecular weight excluding hydrogens is 298 g/mol. The van der Waals surface area contributed by atoms with E-state index in [1.807, 2.05) is 68.4 Å². The van der Waals surface area contributed by atoms with Gasteiger partial charge in [-0.15, -0.1) is 0 Å². The fourth-order valence-electron chi connectivity index (χ4n) is 1.61. The second kappa shape index (κ2) is 30.1. The van der Waals surface area contributed by atoms with Crippen molar-refractivity contribution in [3.05, 3.63) is 17.5 Å². The molecule has 2 rings (SSSR count). The first kappa shape index (κ1) is 31.0. The van der Waals surface area contributed by atoms with Gasteiger partial charge in [-0.05, 0) is 19.9 Å². The quantitative estimate of drug-likeness (QED) is 0.761. The maximum atomic E-state index is 4.81. The van der Waals surface area contributed by atoms with Gasteiger partial charge in [0.05, 0.1) is 5.69 Å². The van der Waals surface area contributed by atoms with Gasteiger partial charge in [-0.1, -0.05) is 74.4 Å². The summed E-state index contributed by atoms with van der Waals surface area (Å²) in [6.07, 6.45) is 0.956. The molecule has 148 valence electrons. The second-order valence-electron chi connectivity index (χ2n) is 3.97. The third-order valence-electron chi connectivity index (χ3n) is 2.70. The van der Waals surface area contributed by atoms with E-state index in [0.29, 0.717) is 0 Å². The van der Waals surface area contributed by atoms with Crippen LogP contribution in [0.5, 0.6) is 0 Å². The van der Waals surface area contributed by atoms with E-state index < -0.39 is 0 Å². The third kappa shape index (κ3) is 21.1. The summed E-state index contributed by atoms with van der Waals surface area (Å²) in [7, 11) is 0. The molecule has 0 radical (unpaired) electrons. The third-order valence-corrected chi connectivity index (χ3v) is 2.70. The summed E-state index contributed by atoms with van der Waals surface area (Å²) in [4.78, 5) is 2.45. The molecule has 4 heteroatoms. The van der Waals surface area contributed by atoms with Crippen molar-refractivity contribution in [2.45, 2.75) is 82.6 Å². The van der Waals surface area contributed by atoms with Crippen LogP contribution >= 0.6 is 0 Å². The summed E-state index contributed by atoms with van der Waals surface area (Å²) in [5.74, 6) is 0.891. The van der Waals surface area contributed by atoms with Crippen LogP contribution in [0, 0.1) is 6.92 Å². The summed E-state index contributed by atoms with van der Waals surface area (Å²) in [5, 5.41) is 7.07. The van der Waals surface area contributed by atoms with Gasteiger partial charge in [0.1, 0.15) is 5.76 Å². The average Bonchev–Trinajstić information content (AvgIpc) is 3.15.